The number of carbonyl (C=O) groups excluding carboxylic acids is 1. The normalized spacial score (nSPS) is 16.0. The highest BCUT2D eigenvalue weighted by molar-refractivity contribution is 6.09. The lowest BCUT2D eigenvalue weighted by atomic mass is 10.2. The van der Waals surface area contributed by atoms with Gasteiger partial charge in [0.2, 0.25) is 0 Å². The number of carbonyl (C=O) groups is 1. The number of ether oxygens (including phenoxy) is 1. The largest absolute Gasteiger partial charge is 0.513 e. The number of hydrogen-bond donors (Lipinski definition) is 1. The molecule has 1 aromatic carbocycles. The van der Waals surface area contributed by atoms with Crippen LogP contribution >= 0.6 is 0 Å². The average Bonchev–Trinajstić information content (AvgIpc) is 2.86. The van der Waals surface area contributed by atoms with Crippen molar-refractivity contribution in [2.45, 2.75) is 27.3 Å². The van der Waals surface area contributed by atoms with E-state index in [0.717, 1.165) is 17.0 Å². The molecule has 0 unspecified atom stereocenters. The standard InChI is InChI=1S/C17H19N5O2/c1-4-24-17(23)20-15-19-16-18-12(2)10-13(3)22(16)21(15)11-14-8-6-5-7-9-14/h5-10H,4,11H2,1-3H3/p+1. The van der Waals surface area contributed by atoms with Gasteiger partial charge in [-0.05, 0) is 24.4 Å². The summed E-state index contributed by atoms with van der Waals surface area (Å²) < 4.78 is 9.42. The van der Waals surface area contributed by atoms with Crippen molar-refractivity contribution in [2.24, 2.45) is 4.99 Å². The Hall–Kier alpha value is -3.05. The number of hydrogen-bond acceptors (Lipinski definition) is 5. The van der Waals surface area contributed by atoms with Crippen LogP contribution in [0.5, 0.6) is 0 Å². The molecule has 1 aromatic rings. The van der Waals surface area contributed by atoms with Crippen molar-refractivity contribution in [1.29, 1.82) is 0 Å². The van der Waals surface area contributed by atoms with Gasteiger partial charge in [-0.15, -0.1) is 5.01 Å². The first-order valence-corrected chi connectivity index (χ1v) is 7.83. The Kier molecular flexibility index (Phi) is 4.35. The van der Waals surface area contributed by atoms with Gasteiger partial charge in [0.15, 0.2) is 5.71 Å². The summed E-state index contributed by atoms with van der Waals surface area (Å²) in [5.41, 5.74) is 2.95. The number of aliphatic imine (C=N–C) groups is 1. The summed E-state index contributed by atoms with van der Waals surface area (Å²) in [5.74, 6) is 0.939. The molecule has 1 N–H and O–H groups in total. The van der Waals surface area contributed by atoms with E-state index < -0.39 is 6.09 Å². The molecule has 124 valence electrons. The maximum atomic E-state index is 11.8. The molecule has 0 spiro atoms. The zero-order chi connectivity index (χ0) is 17.1. The summed E-state index contributed by atoms with van der Waals surface area (Å²) in [7, 11) is 0. The monoisotopic (exact) mass is 326 g/mol. The van der Waals surface area contributed by atoms with E-state index in [-0.39, 0.29) is 0 Å². The molecule has 2 heterocycles. The molecule has 7 nitrogen and oxygen atoms in total. The molecule has 2 aliphatic rings. The van der Waals surface area contributed by atoms with E-state index in [1.54, 1.807) is 6.92 Å². The van der Waals surface area contributed by atoms with Crippen LogP contribution in [0.4, 0.5) is 4.79 Å². The van der Waals surface area contributed by atoms with Gasteiger partial charge in [-0.3, -0.25) is 0 Å². The van der Waals surface area contributed by atoms with Gasteiger partial charge in [0.1, 0.15) is 5.70 Å². The Labute approximate surface area is 140 Å². The van der Waals surface area contributed by atoms with Gasteiger partial charge in [0.05, 0.1) is 13.2 Å². The number of allylic oxidation sites excluding steroid dienone is 2. The highest BCUT2D eigenvalue weighted by atomic mass is 16.5. The molecule has 1 amide bonds. The summed E-state index contributed by atoms with van der Waals surface area (Å²) in [6.45, 7) is 6.51. The van der Waals surface area contributed by atoms with Crippen molar-refractivity contribution in [3.05, 3.63) is 47.7 Å². The zero-order valence-corrected chi connectivity index (χ0v) is 14.0. The van der Waals surface area contributed by atoms with Crippen LogP contribution in [0, 0.1) is 0 Å². The molecule has 0 atom stereocenters. The van der Waals surface area contributed by atoms with E-state index in [1.807, 2.05) is 60.3 Å². The molecule has 0 aliphatic carbocycles. The highest BCUT2D eigenvalue weighted by Crippen LogP contribution is 2.20. The van der Waals surface area contributed by atoms with E-state index in [9.17, 15) is 4.79 Å². The number of benzene rings is 1. The number of nitrogens with one attached hydrogen (secondary N) is 1. The number of amides is 1. The molecule has 0 saturated carbocycles. The molecule has 0 saturated heterocycles. The van der Waals surface area contributed by atoms with Gasteiger partial charge in [-0.1, -0.05) is 30.3 Å². The molecular formula is C17H20N5O2+. The van der Waals surface area contributed by atoms with Crippen LogP contribution in [0.2, 0.25) is 0 Å². The summed E-state index contributed by atoms with van der Waals surface area (Å²) in [4.78, 5) is 16.3. The Balaban J connectivity index is 1.92. The molecule has 24 heavy (non-hydrogen) atoms. The fourth-order valence-electron chi connectivity index (χ4n) is 2.63. The zero-order valence-electron chi connectivity index (χ0n) is 14.0. The van der Waals surface area contributed by atoms with Gasteiger partial charge in [-0.25, -0.2) is 14.8 Å². The average molecular weight is 326 g/mol. The van der Waals surface area contributed by atoms with E-state index in [4.69, 9.17) is 4.74 Å². The smallest absolute Gasteiger partial charge is 0.450 e. The number of guanidine groups is 2. The Bertz CT molecular complexity index is 775. The lowest BCUT2D eigenvalue weighted by molar-refractivity contribution is 0.146. The van der Waals surface area contributed by atoms with Crippen molar-refractivity contribution < 1.29 is 9.53 Å². The van der Waals surface area contributed by atoms with Crippen molar-refractivity contribution >= 4 is 23.7 Å². The van der Waals surface area contributed by atoms with E-state index in [2.05, 4.69) is 15.0 Å². The molecule has 0 bridgehead atoms. The Morgan fingerprint density at radius 1 is 1.29 bits per heavy atom. The minimum atomic E-state index is -0.530. The third-order valence-electron chi connectivity index (χ3n) is 3.57. The lowest BCUT2D eigenvalue weighted by Crippen LogP contribution is -2.49. The molecule has 7 heteroatoms. The van der Waals surface area contributed by atoms with Gasteiger partial charge in [0.25, 0.3) is 0 Å². The molecule has 0 radical (unpaired) electrons. The Morgan fingerprint density at radius 2 is 2.04 bits per heavy atom. The van der Waals surface area contributed by atoms with Gasteiger partial charge < -0.3 is 4.74 Å². The first-order valence-electron chi connectivity index (χ1n) is 7.83. The number of fused-ring (bicyclic) bond motifs is 1. The fourth-order valence-corrected chi connectivity index (χ4v) is 2.63. The topological polar surface area (TPSA) is 71.3 Å². The Morgan fingerprint density at radius 3 is 2.75 bits per heavy atom. The van der Waals surface area contributed by atoms with Crippen molar-refractivity contribution in [3.8, 4) is 0 Å². The fraction of sp³-hybridized carbons (Fsp3) is 0.294. The van der Waals surface area contributed by atoms with E-state index in [0.29, 0.717) is 25.1 Å². The van der Waals surface area contributed by atoms with Crippen molar-refractivity contribution in [2.75, 3.05) is 6.61 Å². The van der Waals surface area contributed by atoms with Gasteiger partial charge in [-0.2, -0.15) is 5.01 Å². The van der Waals surface area contributed by atoms with E-state index >= 15 is 0 Å². The molecule has 0 fully saturated rings. The quantitative estimate of drug-likeness (QED) is 0.857. The first kappa shape index (κ1) is 15.8. The number of hydrazine groups is 1. The summed E-state index contributed by atoms with van der Waals surface area (Å²) in [6.07, 6.45) is 1.45. The maximum Gasteiger partial charge on any atom is 0.513 e. The maximum absolute atomic E-state index is 11.8. The van der Waals surface area contributed by atoms with Crippen LogP contribution in [0.15, 0.2) is 47.1 Å². The predicted molar refractivity (Wildman–Crippen MR) is 93.0 cm³/mol. The van der Waals surface area contributed by atoms with Crippen LogP contribution in [-0.2, 0) is 11.3 Å². The second kappa shape index (κ2) is 6.60. The highest BCUT2D eigenvalue weighted by Gasteiger charge is 2.44. The summed E-state index contributed by atoms with van der Waals surface area (Å²) in [6, 6.07) is 9.98. The lowest BCUT2D eigenvalue weighted by Gasteiger charge is -2.25. The van der Waals surface area contributed by atoms with Crippen LogP contribution in [-0.4, -0.2) is 40.3 Å². The third-order valence-corrected chi connectivity index (χ3v) is 3.57. The number of nitrogens with zero attached hydrogens (tertiary/aromatic N) is 4. The SMILES string of the molecule is CCOC(=O)NC1=NC2=[N+]=C(C)C=C(C)N2N1Cc1ccccc1. The van der Waals surface area contributed by atoms with Gasteiger partial charge >= 0.3 is 18.0 Å². The van der Waals surface area contributed by atoms with Crippen LogP contribution in [0.25, 0.3) is 0 Å². The molecule has 0 aromatic heterocycles. The first-order chi connectivity index (χ1) is 11.6. The van der Waals surface area contributed by atoms with Crippen molar-refractivity contribution in [1.82, 2.24) is 20.0 Å². The second-order valence-corrected chi connectivity index (χ2v) is 5.47. The van der Waals surface area contributed by atoms with Crippen LogP contribution < -0.4 is 9.98 Å². The molecular weight excluding hydrogens is 306 g/mol. The number of rotatable bonds is 3. The summed E-state index contributed by atoms with van der Waals surface area (Å²) in [5, 5.41) is 6.47. The van der Waals surface area contributed by atoms with E-state index in [1.165, 1.54) is 0 Å². The molecule has 2 aliphatic heterocycles. The van der Waals surface area contributed by atoms with Crippen LogP contribution in [0.1, 0.15) is 26.3 Å². The van der Waals surface area contributed by atoms with Gasteiger partial charge in [0, 0.05) is 13.0 Å². The summed E-state index contributed by atoms with van der Waals surface area (Å²) >= 11 is 0. The number of alkyl carbamates (subject to hydrolysis) is 1. The minimum absolute atomic E-state index is 0.300. The predicted octanol–water partition coefficient (Wildman–Crippen LogP) is 1.62. The third kappa shape index (κ3) is 3.16. The molecule has 3 rings (SSSR count). The minimum Gasteiger partial charge on any atom is -0.450 e. The van der Waals surface area contributed by atoms with Crippen LogP contribution in [0.3, 0.4) is 0 Å². The second-order valence-electron chi connectivity index (χ2n) is 5.47. The van der Waals surface area contributed by atoms with Crippen molar-refractivity contribution in [3.63, 3.8) is 0 Å².